The van der Waals surface area contributed by atoms with E-state index in [1.807, 2.05) is 35.2 Å². The molecule has 3 heterocycles. The van der Waals surface area contributed by atoms with Gasteiger partial charge in [0.15, 0.2) is 11.5 Å². The van der Waals surface area contributed by atoms with E-state index in [1.54, 1.807) is 6.07 Å². The van der Waals surface area contributed by atoms with Crippen LogP contribution in [0.1, 0.15) is 12.8 Å². The zero-order valence-corrected chi connectivity index (χ0v) is 16.5. The topological polar surface area (TPSA) is 81.9 Å². The molecule has 2 aliphatic rings. The van der Waals surface area contributed by atoms with E-state index >= 15 is 0 Å². The molecule has 0 N–H and O–H groups in total. The largest absolute Gasteiger partial charge is 0.486 e. The fraction of sp³-hybridized carbons (Fsp3) is 0.286. The molecule has 1 saturated heterocycles. The SMILES string of the molecule is O=S(=O)(c1ccc2c(c1)OCCO2)c1nc(-c2ccccc2)oc1N1CCCC1. The summed E-state index contributed by atoms with van der Waals surface area (Å²) >= 11 is 0. The van der Waals surface area contributed by atoms with Crippen LogP contribution in [-0.4, -0.2) is 39.7 Å². The number of rotatable bonds is 4. The second kappa shape index (κ2) is 7.11. The molecule has 0 amide bonds. The lowest BCUT2D eigenvalue weighted by Gasteiger charge is -2.19. The zero-order chi connectivity index (χ0) is 19.8. The van der Waals surface area contributed by atoms with E-state index in [2.05, 4.69) is 4.98 Å². The molecule has 150 valence electrons. The summed E-state index contributed by atoms with van der Waals surface area (Å²) in [6.45, 7) is 2.32. The van der Waals surface area contributed by atoms with Crippen LogP contribution < -0.4 is 14.4 Å². The standard InChI is InChI=1S/C21H20N2O5S/c24-29(25,16-8-9-17-18(14-16)27-13-12-26-17)20-21(23-10-4-5-11-23)28-19(22-20)15-6-2-1-3-7-15/h1-3,6-9,14H,4-5,10-13H2. The predicted molar refractivity (Wildman–Crippen MR) is 106 cm³/mol. The molecular weight excluding hydrogens is 392 g/mol. The first-order valence-electron chi connectivity index (χ1n) is 9.59. The highest BCUT2D eigenvalue weighted by molar-refractivity contribution is 7.91. The van der Waals surface area contributed by atoms with Crippen LogP contribution in [0.4, 0.5) is 5.88 Å². The van der Waals surface area contributed by atoms with E-state index in [1.165, 1.54) is 12.1 Å². The van der Waals surface area contributed by atoms with Crippen LogP contribution >= 0.6 is 0 Å². The predicted octanol–water partition coefficient (Wildman–Crippen LogP) is 3.55. The summed E-state index contributed by atoms with van der Waals surface area (Å²) in [6.07, 6.45) is 1.98. The summed E-state index contributed by atoms with van der Waals surface area (Å²) in [4.78, 5) is 6.47. The summed E-state index contributed by atoms with van der Waals surface area (Å²) in [5.41, 5.74) is 0.733. The first-order valence-corrected chi connectivity index (χ1v) is 11.1. The summed E-state index contributed by atoms with van der Waals surface area (Å²) in [7, 11) is -3.91. The lowest BCUT2D eigenvalue weighted by atomic mass is 10.2. The fourth-order valence-electron chi connectivity index (χ4n) is 3.60. The van der Waals surface area contributed by atoms with Crippen molar-refractivity contribution >= 4 is 15.7 Å². The molecule has 0 atom stereocenters. The van der Waals surface area contributed by atoms with Crippen LogP contribution in [-0.2, 0) is 9.84 Å². The number of oxazole rings is 1. The van der Waals surface area contributed by atoms with Crippen molar-refractivity contribution in [3.05, 3.63) is 48.5 Å². The summed E-state index contributed by atoms with van der Waals surface area (Å²) < 4.78 is 44.0. The minimum Gasteiger partial charge on any atom is -0.486 e. The van der Waals surface area contributed by atoms with Gasteiger partial charge in [-0.2, -0.15) is 4.98 Å². The van der Waals surface area contributed by atoms with Crippen molar-refractivity contribution in [3.63, 3.8) is 0 Å². The lowest BCUT2D eigenvalue weighted by molar-refractivity contribution is 0.171. The Bertz CT molecular complexity index is 1140. The van der Waals surface area contributed by atoms with Gasteiger partial charge in [-0.15, -0.1) is 0 Å². The molecule has 0 saturated carbocycles. The van der Waals surface area contributed by atoms with Gasteiger partial charge >= 0.3 is 0 Å². The highest BCUT2D eigenvalue weighted by Gasteiger charge is 2.33. The molecular formula is C21H20N2O5S. The minimum atomic E-state index is -3.91. The average Bonchev–Trinajstić information content (AvgIpc) is 3.44. The number of hydrogen-bond donors (Lipinski definition) is 0. The van der Waals surface area contributed by atoms with E-state index in [4.69, 9.17) is 13.9 Å². The molecule has 2 aliphatic heterocycles. The van der Waals surface area contributed by atoms with Crippen LogP contribution in [0.3, 0.4) is 0 Å². The van der Waals surface area contributed by atoms with Crippen LogP contribution in [0.5, 0.6) is 11.5 Å². The van der Waals surface area contributed by atoms with Gasteiger partial charge in [-0.25, -0.2) is 8.42 Å². The molecule has 1 fully saturated rings. The third-order valence-corrected chi connectivity index (χ3v) is 6.72. The van der Waals surface area contributed by atoms with E-state index < -0.39 is 9.84 Å². The number of sulfone groups is 1. The van der Waals surface area contributed by atoms with Gasteiger partial charge in [-0.1, -0.05) is 18.2 Å². The summed E-state index contributed by atoms with van der Waals surface area (Å²) in [5, 5.41) is -0.0602. The summed E-state index contributed by atoms with van der Waals surface area (Å²) in [6, 6.07) is 14.0. The summed E-state index contributed by atoms with van der Waals surface area (Å²) in [5.74, 6) is 1.56. The molecule has 1 aromatic heterocycles. The number of hydrogen-bond acceptors (Lipinski definition) is 7. The third kappa shape index (κ3) is 3.23. The normalized spacial score (nSPS) is 16.2. The molecule has 7 nitrogen and oxygen atoms in total. The second-order valence-corrected chi connectivity index (χ2v) is 8.86. The van der Waals surface area contributed by atoms with Crippen molar-refractivity contribution in [2.45, 2.75) is 22.8 Å². The molecule has 0 radical (unpaired) electrons. The van der Waals surface area contributed by atoms with E-state index in [9.17, 15) is 8.42 Å². The quantitative estimate of drug-likeness (QED) is 0.648. The third-order valence-electron chi connectivity index (χ3n) is 5.07. The Morgan fingerprint density at radius 3 is 2.38 bits per heavy atom. The number of anilines is 1. The van der Waals surface area contributed by atoms with Gasteiger partial charge in [0.25, 0.3) is 0 Å². The minimum absolute atomic E-state index is 0.0602. The Labute approximate surface area is 168 Å². The molecule has 0 unspecified atom stereocenters. The average molecular weight is 412 g/mol. The molecule has 0 bridgehead atoms. The lowest BCUT2D eigenvalue weighted by Crippen LogP contribution is -2.20. The molecule has 29 heavy (non-hydrogen) atoms. The molecule has 2 aromatic carbocycles. The van der Waals surface area contributed by atoms with Crippen molar-refractivity contribution in [2.24, 2.45) is 0 Å². The van der Waals surface area contributed by atoms with Crippen LogP contribution in [0.2, 0.25) is 0 Å². The Kier molecular flexibility index (Phi) is 4.43. The zero-order valence-electron chi connectivity index (χ0n) is 15.7. The first-order chi connectivity index (χ1) is 14.1. The van der Waals surface area contributed by atoms with Crippen LogP contribution in [0.15, 0.2) is 62.9 Å². The maximum absolute atomic E-state index is 13.5. The van der Waals surface area contributed by atoms with E-state index in [0.29, 0.717) is 36.5 Å². The number of ether oxygens (including phenoxy) is 2. The van der Waals surface area contributed by atoms with Gasteiger partial charge in [0.2, 0.25) is 26.6 Å². The molecule has 0 spiro atoms. The maximum atomic E-state index is 13.5. The van der Waals surface area contributed by atoms with Gasteiger partial charge in [0, 0.05) is 24.7 Å². The fourth-order valence-corrected chi connectivity index (χ4v) is 4.94. The van der Waals surface area contributed by atoms with Gasteiger partial charge in [0.1, 0.15) is 13.2 Å². The number of nitrogens with zero attached hydrogens (tertiary/aromatic N) is 2. The number of fused-ring (bicyclic) bond motifs is 1. The van der Waals surface area contributed by atoms with Crippen molar-refractivity contribution in [1.82, 2.24) is 4.98 Å². The number of aromatic nitrogens is 1. The molecule has 8 heteroatoms. The number of benzene rings is 2. The molecule has 3 aromatic rings. The Morgan fingerprint density at radius 1 is 0.897 bits per heavy atom. The van der Waals surface area contributed by atoms with Gasteiger partial charge in [-0.3, -0.25) is 0 Å². The highest BCUT2D eigenvalue weighted by Crippen LogP contribution is 2.38. The van der Waals surface area contributed by atoms with E-state index in [0.717, 1.165) is 31.5 Å². The highest BCUT2D eigenvalue weighted by atomic mass is 32.2. The van der Waals surface area contributed by atoms with Crippen LogP contribution in [0, 0.1) is 0 Å². The molecule has 5 rings (SSSR count). The Morgan fingerprint density at radius 2 is 1.62 bits per heavy atom. The second-order valence-electron chi connectivity index (χ2n) is 7.00. The van der Waals surface area contributed by atoms with Crippen LogP contribution in [0.25, 0.3) is 11.5 Å². The van der Waals surface area contributed by atoms with Gasteiger partial charge in [0.05, 0.1) is 4.90 Å². The monoisotopic (exact) mass is 412 g/mol. The van der Waals surface area contributed by atoms with Gasteiger partial charge < -0.3 is 18.8 Å². The Balaban J connectivity index is 1.62. The molecule has 0 aliphatic carbocycles. The maximum Gasteiger partial charge on any atom is 0.236 e. The van der Waals surface area contributed by atoms with E-state index in [-0.39, 0.29) is 9.92 Å². The first kappa shape index (κ1) is 18.1. The smallest absolute Gasteiger partial charge is 0.236 e. The van der Waals surface area contributed by atoms with Crippen molar-refractivity contribution < 1.29 is 22.3 Å². The van der Waals surface area contributed by atoms with Crippen molar-refractivity contribution in [1.29, 1.82) is 0 Å². The van der Waals surface area contributed by atoms with Gasteiger partial charge in [-0.05, 0) is 37.1 Å². The van der Waals surface area contributed by atoms with Crippen molar-refractivity contribution in [3.8, 4) is 23.0 Å². The van der Waals surface area contributed by atoms with Crippen molar-refractivity contribution in [2.75, 3.05) is 31.2 Å². The Hall–Kier alpha value is -3.00.